The van der Waals surface area contributed by atoms with Gasteiger partial charge in [0.15, 0.2) is 0 Å². The Morgan fingerprint density at radius 1 is 0.333 bits per heavy atom. The van der Waals surface area contributed by atoms with Gasteiger partial charge in [-0.05, 0) is 138 Å². The van der Waals surface area contributed by atoms with Crippen LogP contribution in [0.1, 0.15) is 47.6 Å². The number of hydrogen-bond donors (Lipinski definition) is 0. The summed E-state index contributed by atoms with van der Waals surface area (Å²) >= 11 is 0. The Labute approximate surface area is 304 Å². The minimum absolute atomic E-state index is 0.968. The van der Waals surface area contributed by atoms with Gasteiger partial charge < -0.3 is 14.7 Å². The number of nitrogens with zero attached hydrogens (tertiary/aromatic N) is 3. The lowest BCUT2D eigenvalue weighted by Crippen LogP contribution is -2.24. The summed E-state index contributed by atoms with van der Waals surface area (Å²) in [5, 5.41) is 0. The van der Waals surface area contributed by atoms with Crippen LogP contribution in [0.4, 0.5) is 45.5 Å². The Kier molecular flexibility index (Phi) is 9.63. The third kappa shape index (κ3) is 6.72. The Hall–Kier alpha value is -5.80. The lowest BCUT2D eigenvalue weighted by atomic mass is 9.93. The molecule has 0 saturated carbocycles. The van der Waals surface area contributed by atoms with E-state index in [-0.39, 0.29) is 0 Å². The third-order valence-electron chi connectivity index (χ3n) is 10.1. The Morgan fingerprint density at radius 2 is 0.667 bits per heavy atom. The molecule has 6 aromatic carbocycles. The summed E-state index contributed by atoms with van der Waals surface area (Å²) in [6.07, 6.45) is 6.63. The lowest BCUT2D eigenvalue weighted by Gasteiger charge is -2.39. The van der Waals surface area contributed by atoms with Gasteiger partial charge in [-0.3, -0.25) is 0 Å². The Balaban J connectivity index is 1.63. The number of anilines is 8. The second kappa shape index (κ2) is 14.6. The highest BCUT2D eigenvalue weighted by Gasteiger charge is 2.31. The standard InChI is InChI=1S/C48H47N3/c1-34-22-28-43(29-23-34)49(40-16-10-7-11-17-40)46-37(4)47(50(41-18-12-8-13-19-41)44-30-24-35(2)25-31-44)39(6)48(38(46)5)51(42-20-14-9-15-21-42)45-32-26-36(3)27-33-45/h7-26,28-32H,27,33H2,1-6H3. The van der Waals surface area contributed by atoms with E-state index in [0.29, 0.717) is 0 Å². The summed E-state index contributed by atoms with van der Waals surface area (Å²) < 4.78 is 0. The van der Waals surface area contributed by atoms with Crippen LogP contribution in [0.15, 0.2) is 163 Å². The summed E-state index contributed by atoms with van der Waals surface area (Å²) in [4.78, 5) is 7.44. The topological polar surface area (TPSA) is 9.72 Å². The average molecular weight is 666 g/mol. The van der Waals surface area contributed by atoms with Gasteiger partial charge in [0.25, 0.3) is 0 Å². The predicted octanol–water partition coefficient (Wildman–Crippen LogP) is 13.9. The van der Waals surface area contributed by atoms with Gasteiger partial charge in [0.05, 0.1) is 17.1 Å². The minimum atomic E-state index is 0.968. The van der Waals surface area contributed by atoms with Gasteiger partial charge in [-0.25, -0.2) is 0 Å². The molecule has 0 atom stereocenters. The van der Waals surface area contributed by atoms with Crippen LogP contribution in [0.2, 0.25) is 0 Å². The molecular weight excluding hydrogens is 619 g/mol. The van der Waals surface area contributed by atoms with E-state index < -0.39 is 0 Å². The summed E-state index contributed by atoms with van der Waals surface area (Å²) in [5.41, 5.74) is 18.1. The predicted molar refractivity (Wildman–Crippen MR) is 219 cm³/mol. The molecule has 0 heterocycles. The zero-order valence-electron chi connectivity index (χ0n) is 30.7. The van der Waals surface area contributed by atoms with Crippen LogP contribution in [0.5, 0.6) is 0 Å². The van der Waals surface area contributed by atoms with Crippen molar-refractivity contribution in [2.75, 3.05) is 14.7 Å². The van der Waals surface area contributed by atoms with Crippen molar-refractivity contribution in [3.63, 3.8) is 0 Å². The van der Waals surface area contributed by atoms with Gasteiger partial charge in [0, 0.05) is 34.1 Å². The highest BCUT2D eigenvalue weighted by atomic mass is 15.2. The van der Waals surface area contributed by atoms with Crippen molar-refractivity contribution in [2.45, 2.75) is 54.4 Å². The number of allylic oxidation sites excluding steroid dienone is 4. The normalized spacial score (nSPS) is 12.6. The molecule has 1 aliphatic rings. The first-order chi connectivity index (χ1) is 24.8. The van der Waals surface area contributed by atoms with Crippen molar-refractivity contribution in [1.29, 1.82) is 0 Å². The van der Waals surface area contributed by atoms with Crippen molar-refractivity contribution in [1.82, 2.24) is 0 Å². The smallest absolute Gasteiger partial charge is 0.0562 e. The Morgan fingerprint density at radius 3 is 1.02 bits per heavy atom. The molecule has 1 aliphatic carbocycles. The van der Waals surface area contributed by atoms with Gasteiger partial charge in [0.1, 0.15) is 0 Å². The van der Waals surface area contributed by atoms with Gasteiger partial charge in [-0.15, -0.1) is 0 Å². The van der Waals surface area contributed by atoms with Gasteiger partial charge >= 0.3 is 0 Å². The fraction of sp³-hybridized carbons (Fsp3) is 0.167. The molecule has 0 unspecified atom stereocenters. The summed E-state index contributed by atoms with van der Waals surface area (Å²) in [5.74, 6) is 0. The molecule has 0 aromatic heterocycles. The molecule has 3 heteroatoms. The molecular formula is C48H47N3. The van der Waals surface area contributed by atoms with E-state index in [1.807, 2.05) is 0 Å². The molecule has 3 nitrogen and oxygen atoms in total. The first-order valence-electron chi connectivity index (χ1n) is 18.0. The van der Waals surface area contributed by atoms with Gasteiger partial charge in [-0.2, -0.15) is 0 Å². The van der Waals surface area contributed by atoms with Crippen molar-refractivity contribution in [2.24, 2.45) is 0 Å². The van der Waals surface area contributed by atoms with Crippen LogP contribution < -0.4 is 14.7 Å². The first-order valence-corrected chi connectivity index (χ1v) is 18.0. The number of rotatable bonds is 9. The highest BCUT2D eigenvalue weighted by Crippen LogP contribution is 2.53. The molecule has 0 amide bonds. The molecule has 51 heavy (non-hydrogen) atoms. The van der Waals surface area contributed by atoms with Crippen molar-refractivity contribution < 1.29 is 0 Å². The molecule has 7 rings (SSSR count). The van der Waals surface area contributed by atoms with Crippen LogP contribution >= 0.6 is 0 Å². The van der Waals surface area contributed by atoms with E-state index >= 15 is 0 Å². The van der Waals surface area contributed by atoms with Crippen molar-refractivity contribution in [3.05, 3.63) is 191 Å². The minimum Gasteiger partial charge on any atom is -0.314 e. The van der Waals surface area contributed by atoms with E-state index in [4.69, 9.17) is 0 Å². The zero-order valence-corrected chi connectivity index (χ0v) is 30.7. The van der Waals surface area contributed by atoms with Crippen LogP contribution in [-0.4, -0.2) is 0 Å². The number of aryl methyl sites for hydroxylation is 2. The van der Waals surface area contributed by atoms with E-state index in [0.717, 1.165) is 41.3 Å². The van der Waals surface area contributed by atoms with Crippen LogP contribution in [0, 0.1) is 34.6 Å². The summed E-state index contributed by atoms with van der Waals surface area (Å²) in [6, 6.07) is 50.4. The fourth-order valence-corrected chi connectivity index (χ4v) is 7.48. The molecule has 0 bridgehead atoms. The SMILES string of the molecule is CC1=CC=C(N(c2ccccc2)c2c(C)c(N(c3ccccc3)c3ccc(C)cc3)c(C)c(N(c3ccccc3)c3ccc(C)cc3)c2C)CC1. The molecule has 0 fully saturated rings. The lowest BCUT2D eigenvalue weighted by molar-refractivity contribution is 0.871. The molecule has 0 spiro atoms. The zero-order chi connectivity index (χ0) is 35.5. The van der Waals surface area contributed by atoms with Gasteiger partial charge in [0.2, 0.25) is 0 Å². The van der Waals surface area contributed by atoms with E-state index in [9.17, 15) is 0 Å². The van der Waals surface area contributed by atoms with Crippen molar-refractivity contribution in [3.8, 4) is 0 Å². The monoisotopic (exact) mass is 665 g/mol. The first kappa shape index (κ1) is 33.7. The van der Waals surface area contributed by atoms with Crippen molar-refractivity contribution >= 4 is 45.5 Å². The Bertz CT molecular complexity index is 2060. The van der Waals surface area contributed by atoms with Gasteiger partial charge in [-0.1, -0.05) is 102 Å². The maximum Gasteiger partial charge on any atom is 0.0562 e. The second-order valence-electron chi connectivity index (χ2n) is 13.8. The molecule has 0 aliphatic heterocycles. The van der Waals surface area contributed by atoms with E-state index in [1.54, 1.807) is 0 Å². The quantitative estimate of drug-likeness (QED) is 0.152. The molecule has 254 valence electrons. The number of para-hydroxylation sites is 3. The molecule has 6 aromatic rings. The molecule has 0 radical (unpaired) electrons. The van der Waals surface area contributed by atoms with Crippen LogP contribution in [-0.2, 0) is 0 Å². The molecule has 0 saturated heterocycles. The maximum atomic E-state index is 2.52. The number of hydrogen-bond acceptors (Lipinski definition) is 3. The van der Waals surface area contributed by atoms with Crippen LogP contribution in [0.25, 0.3) is 0 Å². The summed E-state index contributed by atoms with van der Waals surface area (Å²) in [7, 11) is 0. The maximum absolute atomic E-state index is 2.52. The fourth-order valence-electron chi connectivity index (χ4n) is 7.48. The van der Waals surface area contributed by atoms with E-state index in [1.165, 1.54) is 56.1 Å². The molecule has 0 N–H and O–H groups in total. The average Bonchev–Trinajstić information content (AvgIpc) is 3.16. The number of benzene rings is 6. The third-order valence-corrected chi connectivity index (χ3v) is 10.1. The largest absolute Gasteiger partial charge is 0.314 e. The second-order valence-corrected chi connectivity index (χ2v) is 13.8. The van der Waals surface area contributed by atoms with Crippen LogP contribution in [0.3, 0.4) is 0 Å². The van der Waals surface area contributed by atoms with E-state index in [2.05, 4.69) is 208 Å². The summed E-state index contributed by atoms with van der Waals surface area (Å²) in [6.45, 7) is 13.5. The highest BCUT2D eigenvalue weighted by molar-refractivity contribution is 5.96.